The van der Waals surface area contributed by atoms with Crippen LogP contribution >= 0.6 is 0 Å². The van der Waals surface area contributed by atoms with Gasteiger partial charge in [-0.1, -0.05) is 11.8 Å². The molecule has 3 heteroatoms. The van der Waals surface area contributed by atoms with Crippen LogP contribution in [-0.2, 0) is 4.79 Å². The van der Waals surface area contributed by atoms with Gasteiger partial charge in [0.15, 0.2) is 0 Å². The Hall–Kier alpha value is -1.45. The van der Waals surface area contributed by atoms with Gasteiger partial charge in [-0.05, 0) is 25.7 Å². The van der Waals surface area contributed by atoms with E-state index in [1.165, 1.54) is 13.8 Å². The number of carboxylic acid groups (broad SMARTS) is 1. The van der Waals surface area contributed by atoms with E-state index in [2.05, 4.69) is 23.7 Å². The Balaban J connectivity index is 3.99. The van der Waals surface area contributed by atoms with Crippen molar-refractivity contribution < 1.29 is 15.0 Å². The predicted molar refractivity (Wildman–Crippen MR) is 44.1 cm³/mol. The highest BCUT2D eigenvalue weighted by molar-refractivity contribution is 5.70. The minimum absolute atomic E-state index is 0.222. The van der Waals surface area contributed by atoms with Gasteiger partial charge in [-0.2, -0.15) is 0 Å². The molecule has 0 saturated carbocycles. The number of hydrogen-bond acceptors (Lipinski definition) is 2. The molecule has 0 rings (SSSR count). The van der Waals surface area contributed by atoms with Crippen molar-refractivity contribution >= 4 is 5.97 Å². The molecule has 64 valence electrons. The van der Waals surface area contributed by atoms with E-state index in [4.69, 9.17) is 10.2 Å². The van der Waals surface area contributed by atoms with Crippen LogP contribution in [0.3, 0.4) is 0 Å². The molecule has 2 N–H and O–H groups in total. The fraction of sp³-hybridized carbons (Fsp3) is 0.444. The van der Waals surface area contributed by atoms with Gasteiger partial charge in [0.1, 0.15) is 12.0 Å². The first kappa shape index (κ1) is 10.6. The molecule has 0 aliphatic carbocycles. The zero-order valence-electron chi connectivity index (χ0n) is 7.01. The first-order valence-electron chi connectivity index (χ1n) is 3.36. The van der Waals surface area contributed by atoms with Crippen LogP contribution in [0.15, 0.2) is 0 Å². The molecule has 0 heterocycles. The minimum Gasteiger partial charge on any atom is -0.481 e. The number of carboxylic acids is 1. The first-order chi connectivity index (χ1) is 5.42. The second-order valence-electron chi connectivity index (χ2n) is 2.68. The smallest absolute Gasteiger partial charge is 0.315 e. The van der Waals surface area contributed by atoms with Crippen molar-refractivity contribution in [2.24, 2.45) is 0 Å². The fourth-order valence-corrected chi connectivity index (χ4v) is 0.348. The summed E-state index contributed by atoms with van der Waals surface area (Å²) in [5.41, 5.74) is -1.07. The molecular weight excluding hydrogens is 156 g/mol. The van der Waals surface area contributed by atoms with Gasteiger partial charge in [0.05, 0.1) is 0 Å². The topological polar surface area (TPSA) is 57.5 Å². The van der Waals surface area contributed by atoms with Crippen LogP contribution in [0.1, 0.15) is 20.3 Å². The maximum Gasteiger partial charge on any atom is 0.315 e. The van der Waals surface area contributed by atoms with E-state index in [0.717, 1.165) is 0 Å². The molecule has 0 saturated heterocycles. The number of aliphatic carboxylic acids is 1. The summed E-state index contributed by atoms with van der Waals surface area (Å²) in [7, 11) is 0. The van der Waals surface area contributed by atoms with Crippen LogP contribution < -0.4 is 0 Å². The van der Waals surface area contributed by atoms with Crippen molar-refractivity contribution in [3.63, 3.8) is 0 Å². The maximum absolute atomic E-state index is 9.96. The zero-order valence-corrected chi connectivity index (χ0v) is 7.01. The Morgan fingerprint density at radius 2 is 2.00 bits per heavy atom. The van der Waals surface area contributed by atoms with Gasteiger partial charge in [-0.25, -0.2) is 0 Å². The van der Waals surface area contributed by atoms with Crippen molar-refractivity contribution in [3.05, 3.63) is 0 Å². The monoisotopic (exact) mass is 166 g/mol. The average molecular weight is 166 g/mol. The van der Waals surface area contributed by atoms with E-state index in [0.29, 0.717) is 0 Å². The lowest BCUT2D eigenvalue weighted by Crippen LogP contribution is -2.14. The third-order valence-corrected chi connectivity index (χ3v) is 0.759. The van der Waals surface area contributed by atoms with Crippen LogP contribution in [0.5, 0.6) is 0 Å². The molecule has 0 radical (unpaired) electrons. The Morgan fingerprint density at radius 3 is 2.42 bits per heavy atom. The number of rotatable bonds is 1. The molecular formula is C9H10O3. The highest BCUT2D eigenvalue weighted by Gasteiger charge is 2.04. The standard InChI is InChI=1S/C9H10O3/c1-9(2,12)7-5-3-4-6-8(10)11/h12H,6H2,1-2H3,(H,10,11). The molecule has 0 amide bonds. The second kappa shape index (κ2) is 4.43. The van der Waals surface area contributed by atoms with Crippen molar-refractivity contribution in [1.82, 2.24) is 0 Å². The van der Waals surface area contributed by atoms with E-state index >= 15 is 0 Å². The molecule has 0 fully saturated rings. The van der Waals surface area contributed by atoms with Crippen LogP contribution in [0, 0.1) is 23.7 Å². The van der Waals surface area contributed by atoms with Gasteiger partial charge in [0, 0.05) is 0 Å². The lowest BCUT2D eigenvalue weighted by atomic mass is 10.1. The summed E-state index contributed by atoms with van der Waals surface area (Å²) in [5.74, 6) is 8.46. The van der Waals surface area contributed by atoms with Crippen LogP contribution in [-0.4, -0.2) is 21.8 Å². The van der Waals surface area contributed by atoms with Crippen molar-refractivity contribution in [2.45, 2.75) is 25.9 Å². The zero-order chi connectivity index (χ0) is 9.61. The molecule has 0 atom stereocenters. The second-order valence-corrected chi connectivity index (χ2v) is 2.68. The normalized spacial score (nSPS) is 8.92. The van der Waals surface area contributed by atoms with E-state index in [-0.39, 0.29) is 6.42 Å². The van der Waals surface area contributed by atoms with Gasteiger partial charge in [-0.15, -0.1) is 0 Å². The Bertz CT molecular complexity index is 275. The van der Waals surface area contributed by atoms with Crippen molar-refractivity contribution in [2.75, 3.05) is 0 Å². The summed E-state index contributed by atoms with van der Waals surface area (Å²) < 4.78 is 0. The quantitative estimate of drug-likeness (QED) is 0.548. The fourth-order valence-electron chi connectivity index (χ4n) is 0.348. The summed E-state index contributed by atoms with van der Waals surface area (Å²) in [4.78, 5) is 9.96. The van der Waals surface area contributed by atoms with E-state index in [1.54, 1.807) is 0 Å². The molecule has 12 heavy (non-hydrogen) atoms. The molecule has 0 aromatic carbocycles. The largest absolute Gasteiger partial charge is 0.481 e. The van der Waals surface area contributed by atoms with Crippen LogP contribution in [0.4, 0.5) is 0 Å². The molecule has 3 nitrogen and oxygen atoms in total. The number of aliphatic hydroxyl groups is 1. The Labute approximate surface area is 71.4 Å². The first-order valence-corrected chi connectivity index (χ1v) is 3.36. The molecule has 0 unspecified atom stereocenters. The molecule has 0 aromatic rings. The Kier molecular flexibility index (Phi) is 3.90. The van der Waals surface area contributed by atoms with E-state index in [9.17, 15) is 4.79 Å². The molecule has 0 spiro atoms. The van der Waals surface area contributed by atoms with Crippen molar-refractivity contribution in [3.8, 4) is 23.7 Å². The molecule has 0 aliphatic rings. The van der Waals surface area contributed by atoms with E-state index in [1.807, 2.05) is 0 Å². The summed E-state index contributed by atoms with van der Waals surface area (Å²) in [6.07, 6.45) is -0.222. The summed E-state index contributed by atoms with van der Waals surface area (Å²) in [5, 5.41) is 17.2. The summed E-state index contributed by atoms with van der Waals surface area (Å²) in [6, 6.07) is 0. The van der Waals surface area contributed by atoms with Gasteiger partial charge in [-0.3, -0.25) is 4.79 Å². The van der Waals surface area contributed by atoms with Crippen LogP contribution in [0.25, 0.3) is 0 Å². The third kappa shape index (κ3) is 8.55. The molecule has 0 aliphatic heterocycles. The summed E-state index contributed by atoms with van der Waals surface area (Å²) >= 11 is 0. The van der Waals surface area contributed by atoms with Gasteiger partial charge in [0.2, 0.25) is 0 Å². The van der Waals surface area contributed by atoms with Crippen molar-refractivity contribution in [1.29, 1.82) is 0 Å². The SMILES string of the molecule is CC(C)(O)C#CC#CCC(=O)O. The molecule has 0 aromatic heterocycles. The molecule has 0 bridgehead atoms. The summed E-state index contributed by atoms with van der Waals surface area (Å²) in [6.45, 7) is 3.05. The van der Waals surface area contributed by atoms with Crippen LogP contribution in [0.2, 0.25) is 0 Å². The minimum atomic E-state index is -1.07. The third-order valence-electron chi connectivity index (χ3n) is 0.759. The highest BCUT2D eigenvalue weighted by atomic mass is 16.4. The van der Waals surface area contributed by atoms with Gasteiger partial charge in [0.25, 0.3) is 0 Å². The predicted octanol–water partition coefficient (Wildman–Crippen LogP) is 0.239. The lowest BCUT2D eigenvalue weighted by molar-refractivity contribution is -0.135. The lowest BCUT2D eigenvalue weighted by Gasteiger charge is -2.04. The number of carbonyl (C=O) groups is 1. The van der Waals surface area contributed by atoms with Gasteiger partial charge < -0.3 is 10.2 Å². The van der Waals surface area contributed by atoms with E-state index < -0.39 is 11.6 Å². The maximum atomic E-state index is 9.96. The van der Waals surface area contributed by atoms with Gasteiger partial charge >= 0.3 is 5.97 Å². The Morgan fingerprint density at radius 1 is 1.42 bits per heavy atom. The average Bonchev–Trinajstić information content (AvgIpc) is 1.83. The number of hydrogen-bond donors (Lipinski definition) is 2. The highest BCUT2D eigenvalue weighted by Crippen LogP contribution is 1.95.